The van der Waals surface area contributed by atoms with Gasteiger partial charge in [-0.2, -0.15) is 0 Å². The Balaban J connectivity index is 1.78. The fourth-order valence-corrected chi connectivity index (χ4v) is 3.29. The second kappa shape index (κ2) is 14.8. The molecule has 0 aromatic heterocycles. The van der Waals surface area contributed by atoms with Crippen LogP contribution >= 0.6 is 0 Å². The summed E-state index contributed by atoms with van der Waals surface area (Å²) in [5, 5.41) is 3.51. The van der Waals surface area contributed by atoms with E-state index in [9.17, 15) is 0 Å². The second-order valence-corrected chi connectivity index (χ2v) is 7.66. The minimum Gasteiger partial charge on any atom is -0.494 e. The molecule has 0 aliphatic heterocycles. The molecule has 0 saturated heterocycles. The summed E-state index contributed by atoms with van der Waals surface area (Å²) in [6.07, 6.45) is 11.2. The van der Waals surface area contributed by atoms with Crippen LogP contribution in [-0.2, 0) is 6.54 Å². The normalized spacial score (nSPS) is 10.7. The lowest BCUT2D eigenvalue weighted by Crippen LogP contribution is -2.05. The van der Waals surface area contributed by atoms with Gasteiger partial charge < -0.3 is 14.8 Å². The topological polar surface area (TPSA) is 30.5 Å². The molecule has 0 spiro atoms. The maximum absolute atomic E-state index is 6.02. The fraction of sp³-hybridized carbons (Fsp3) is 0.538. The number of rotatable bonds is 16. The van der Waals surface area contributed by atoms with Crippen molar-refractivity contribution in [2.24, 2.45) is 0 Å². The monoisotopic (exact) mass is 397 g/mol. The zero-order chi connectivity index (χ0) is 20.6. The van der Waals surface area contributed by atoms with Gasteiger partial charge in [-0.15, -0.1) is 0 Å². The lowest BCUT2D eigenvalue weighted by atomic mass is 10.2. The first-order valence-electron chi connectivity index (χ1n) is 11.5. The average molecular weight is 398 g/mol. The molecule has 3 heteroatoms. The molecule has 160 valence electrons. The van der Waals surface area contributed by atoms with Gasteiger partial charge in [0.2, 0.25) is 0 Å². The standard InChI is InChI=1S/C26H39NO2/c1-3-5-7-9-13-19-28-25-17-14-16-24(21-25)27-22-23-15-10-11-18-26(23)29-20-12-8-6-4-2/h10-11,14-18,21,27H,3-9,12-13,19-20,22H2,1-2H3. The number of benzene rings is 2. The van der Waals surface area contributed by atoms with Crippen molar-refractivity contribution in [2.45, 2.75) is 78.2 Å². The van der Waals surface area contributed by atoms with Gasteiger partial charge in [0, 0.05) is 23.9 Å². The number of unbranched alkanes of at least 4 members (excludes halogenated alkanes) is 7. The highest BCUT2D eigenvalue weighted by atomic mass is 16.5. The van der Waals surface area contributed by atoms with Gasteiger partial charge in [-0.3, -0.25) is 0 Å². The molecule has 0 aliphatic carbocycles. The first kappa shape index (κ1) is 23.1. The third-order valence-corrected chi connectivity index (χ3v) is 5.06. The van der Waals surface area contributed by atoms with E-state index in [4.69, 9.17) is 9.47 Å². The number of anilines is 1. The zero-order valence-corrected chi connectivity index (χ0v) is 18.4. The van der Waals surface area contributed by atoms with Crippen LogP contribution < -0.4 is 14.8 Å². The molecule has 0 bridgehead atoms. The van der Waals surface area contributed by atoms with Crippen molar-refractivity contribution in [1.82, 2.24) is 0 Å². The smallest absolute Gasteiger partial charge is 0.124 e. The van der Waals surface area contributed by atoms with Crippen LogP contribution in [0.3, 0.4) is 0 Å². The number of nitrogens with one attached hydrogen (secondary N) is 1. The first-order valence-corrected chi connectivity index (χ1v) is 11.5. The van der Waals surface area contributed by atoms with E-state index in [0.29, 0.717) is 0 Å². The van der Waals surface area contributed by atoms with Crippen molar-refractivity contribution in [2.75, 3.05) is 18.5 Å². The first-order chi connectivity index (χ1) is 14.3. The summed E-state index contributed by atoms with van der Waals surface area (Å²) in [5.74, 6) is 1.92. The summed E-state index contributed by atoms with van der Waals surface area (Å²) in [6.45, 7) is 6.80. The van der Waals surface area contributed by atoms with E-state index < -0.39 is 0 Å². The van der Waals surface area contributed by atoms with E-state index in [1.807, 2.05) is 18.2 Å². The molecule has 2 aromatic carbocycles. The number of hydrogen-bond donors (Lipinski definition) is 1. The Hall–Kier alpha value is -2.16. The highest BCUT2D eigenvalue weighted by molar-refractivity contribution is 5.49. The molecule has 2 rings (SSSR count). The summed E-state index contributed by atoms with van der Waals surface area (Å²) in [6, 6.07) is 16.6. The van der Waals surface area contributed by atoms with E-state index in [1.165, 1.54) is 50.5 Å². The molecule has 0 fully saturated rings. The highest BCUT2D eigenvalue weighted by Gasteiger charge is 2.04. The molecule has 0 amide bonds. The van der Waals surface area contributed by atoms with Gasteiger partial charge in [-0.1, -0.05) is 83.1 Å². The fourth-order valence-electron chi connectivity index (χ4n) is 3.29. The predicted octanol–water partition coefficient (Wildman–Crippen LogP) is 7.61. The summed E-state index contributed by atoms with van der Waals surface area (Å²) in [5.41, 5.74) is 2.26. The van der Waals surface area contributed by atoms with Crippen molar-refractivity contribution >= 4 is 5.69 Å². The van der Waals surface area contributed by atoms with Gasteiger partial charge in [-0.05, 0) is 31.0 Å². The predicted molar refractivity (Wildman–Crippen MR) is 124 cm³/mol. The van der Waals surface area contributed by atoms with Crippen LogP contribution in [0.15, 0.2) is 48.5 Å². The molecular formula is C26H39NO2. The van der Waals surface area contributed by atoms with Gasteiger partial charge in [0.25, 0.3) is 0 Å². The second-order valence-electron chi connectivity index (χ2n) is 7.66. The highest BCUT2D eigenvalue weighted by Crippen LogP contribution is 2.22. The molecule has 1 N–H and O–H groups in total. The summed E-state index contributed by atoms with van der Waals surface area (Å²) in [4.78, 5) is 0. The Morgan fingerprint density at radius 2 is 1.38 bits per heavy atom. The molecule has 0 saturated carbocycles. The van der Waals surface area contributed by atoms with E-state index in [1.54, 1.807) is 0 Å². The summed E-state index contributed by atoms with van der Waals surface area (Å²) >= 11 is 0. The van der Waals surface area contributed by atoms with Crippen molar-refractivity contribution in [3.05, 3.63) is 54.1 Å². The van der Waals surface area contributed by atoms with Gasteiger partial charge in [0.05, 0.1) is 13.2 Å². The lowest BCUT2D eigenvalue weighted by molar-refractivity contribution is 0.302. The number of hydrogen-bond acceptors (Lipinski definition) is 3. The van der Waals surface area contributed by atoms with E-state index in [-0.39, 0.29) is 0 Å². The Morgan fingerprint density at radius 1 is 0.690 bits per heavy atom. The van der Waals surface area contributed by atoms with Crippen LogP contribution in [-0.4, -0.2) is 13.2 Å². The Kier molecular flexibility index (Phi) is 11.8. The molecule has 3 nitrogen and oxygen atoms in total. The van der Waals surface area contributed by atoms with E-state index in [0.717, 1.165) is 49.8 Å². The van der Waals surface area contributed by atoms with Crippen molar-refractivity contribution in [3.8, 4) is 11.5 Å². The maximum Gasteiger partial charge on any atom is 0.124 e. The van der Waals surface area contributed by atoms with Crippen LogP contribution in [0.1, 0.15) is 77.2 Å². The zero-order valence-electron chi connectivity index (χ0n) is 18.4. The Bertz CT molecular complexity index is 671. The molecule has 0 unspecified atom stereocenters. The van der Waals surface area contributed by atoms with Crippen LogP contribution in [0, 0.1) is 0 Å². The van der Waals surface area contributed by atoms with Gasteiger partial charge in [0.1, 0.15) is 11.5 Å². The minimum atomic E-state index is 0.742. The maximum atomic E-state index is 6.02. The summed E-state index contributed by atoms with van der Waals surface area (Å²) < 4.78 is 11.9. The molecule has 0 heterocycles. The largest absolute Gasteiger partial charge is 0.494 e. The van der Waals surface area contributed by atoms with E-state index in [2.05, 4.69) is 49.5 Å². The van der Waals surface area contributed by atoms with Gasteiger partial charge >= 0.3 is 0 Å². The summed E-state index contributed by atoms with van der Waals surface area (Å²) in [7, 11) is 0. The average Bonchev–Trinajstić information content (AvgIpc) is 2.75. The SMILES string of the molecule is CCCCCCCOc1cccc(NCc2ccccc2OCCCCCC)c1. The third-order valence-electron chi connectivity index (χ3n) is 5.06. The van der Waals surface area contributed by atoms with Gasteiger partial charge in [-0.25, -0.2) is 0 Å². The molecule has 0 aliphatic rings. The Labute approximate surface area is 177 Å². The van der Waals surface area contributed by atoms with Crippen molar-refractivity contribution in [1.29, 1.82) is 0 Å². The van der Waals surface area contributed by atoms with Crippen LogP contribution in [0.2, 0.25) is 0 Å². The van der Waals surface area contributed by atoms with Crippen molar-refractivity contribution in [3.63, 3.8) is 0 Å². The van der Waals surface area contributed by atoms with Crippen LogP contribution in [0.5, 0.6) is 11.5 Å². The molecule has 29 heavy (non-hydrogen) atoms. The molecule has 0 atom stereocenters. The molecule has 2 aromatic rings. The molecule has 0 radical (unpaired) electrons. The quantitative estimate of drug-likeness (QED) is 0.296. The lowest BCUT2D eigenvalue weighted by Gasteiger charge is -2.14. The van der Waals surface area contributed by atoms with E-state index >= 15 is 0 Å². The third kappa shape index (κ3) is 9.74. The van der Waals surface area contributed by atoms with Gasteiger partial charge in [0.15, 0.2) is 0 Å². The van der Waals surface area contributed by atoms with Crippen LogP contribution in [0.25, 0.3) is 0 Å². The number of para-hydroxylation sites is 1. The van der Waals surface area contributed by atoms with Crippen molar-refractivity contribution < 1.29 is 9.47 Å². The Morgan fingerprint density at radius 3 is 2.17 bits per heavy atom. The molecular weight excluding hydrogens is 358 g/mol. The minimum absolute atomic E-state index is 0.742. The number of ether oxygens (including phenoxy) is 2. The van der Waals surface area contributed by atoms with Crippen LogP contribution in [0.4, 0.5) is 5.69 Å².